The summed E-state index contributed by atoms with van der Waals surface area (Å²) in [7, 11) is 0. The van der Waals surface area contributed by atoms with Crippen LogP contribution in [0, 0.1) is 5.92 Å². The minimum absolute atomic E-state index is 0.161. The topological polar surface area (TPSA) is 77.8 Å². The first-order chi connectivity index (χ1) is 19.4. The van der Waals surface area contributed by atoms with Gasteiger partial charge in [-0.05, 0) is 25.7 Å². The van der Waals surface area contributed by atoms with Gasteiger partial charge < -0.3 is 15.3 Å². The van der Waals surface area contributed by atoms with Crippen LogP contribution in [0.1, 0.15) is 213 Å². The van der Waals surface area contributed by atoms with E-state index in [9.17, 15) is 20.1 Å². The summed E-state index contributed by atoms with van der Waals surface area (Å²) in [5.74, 6) is -2.25. The molecule has 1 unspecified atom stereocenters. The van der Waals surface area contributed by atoms with Crippen LogP contribution in [0.3, 0.4) is 0 Å². The molecule has 3 N–H and O–H groups in total. The molecule has 0 aliphatic carbocycles. The molecular formula is C36H72O4. The van der Waals surface area contributed by atoms with Crippen LogP contribution in [0.4, 0.5) is 0 Å². The molecule has 0 heterocycles. The first-order valence-electron chi connectivity index (χ1n) is 18.1. The number of aliphatic hydroxyl groups is 2. The first kappa shape index (κ1) is 39.4. The monoisotopic (exact) mass is 569 g/mol. The van der Waals surface area contributed by atoms with Gasteiger partial charge in [-0.3, -0.25) is 4.79 Å². The van der Waals surface area contributed by atoms with Crippen molar-refractivity contribution in [2.75, 3.05) is 0 Å². The second-order valence-corrected chi connectivity index (χ2v) is 12.9. The van der Waals surface area contributed by atoms with E-state index < -0.39 is 11.8 Å². The van der Waals surface area contributed by atoms with Gasteiger partial charge in [0.25, 0.3) is 0 Å². The Morgan fingerprint density at radius 3 is 1.00 bits per heavy atom. The van der Waals surface area contributed by atoms with Crippen LogP contribution < -0.4 is 0 Å². The predicted octanol–water partition coefficient (Wildman–Crippen LogP) is 11.5. The second kappa shape index (κ2) is 29.9. The average molecular weight is 569 g/mol. The molecule has 0 radical (unpaired) electrons. The lowest BCUT2D eigenvalue weighted by Gasteiger charge is -2.21. The van der Waals surface area contributed by atoms with Crippen molar-refractivity contribution < 1.29 is 20.1 Å². The fraction of sp³-hybridized carbons (Fsp3) is 0.972. The van der Waals surface area contributed by atoms with E-state index in [1.807, 2.05) is 0 Å². The van der Waals surface area contributed by atoms with Crippen molar-refractivity contribution in [3.63, 3.8) is 0 Å². The molecule has 0 aliphatic heterocycles. The molecule has 0 amide bonds. The Bertz CT molecular complexity index is 519. The van der Waals surface area contributed by atoms with E-state index in [0.717, 1.165) is 77.0 Å². The molecule has 0 aromatic rings. The van der Waals surface area contributed by atoms with Gasteiger partial charge in [0, 0.05) is 12.8 Å². The van der Waals surface area contributed by atoms with E-state index in [1.54, 1.807) is 0 Å². The Morgan fingerprint density at radius 2 is 0.700 bits per heavy atom. The maximum absolute atomic E-state index is 11.7. The fourth-order valence-electron chi connectivity index (χ4n) is 5.97. The molecule has 0 fully saturated rings. The largest absolute Gasteiger partial charge is 0.481 e. The normalized spacial score (nSPS) is 12.7. The molecule has 1 atom stereocenters. The molecule has 0 aromatic heterocycles. The summed E-state index contributed by atoms with van der Waals surface area (Å²) >= 11 is 0. The number of carboxylic acid groups (broad SMARTS) is 1. The summed E-state index contributed by atoms with van der Waals surface area (Å²) in [5, 5.41) is 29.8. The Labute approximate surface area is 250 Å². The second-order valence-electron chi connectivity index (χ2n) is 12.9. The van der Waals surface area contributed by atoms with E-state index in [-0.39, 0.29) is 5.92 Å². The van der Waals surface area contributed by atoms with E-state index in [0.29, 0.717) is 12.8 Å². The molecule has 0 spiro atoms. The smallest absolute Gasteiger partial charge is 0.306 e. The highest BCUT2D eigenvalue weighted by Gasteiger charge is 2.21. The lowest BCUT2D eigenvalue weighted by Crippen LogP contribution is -2.27. The van der Waals surface area contributed by atoms with Crippen molar-refractivity contribution in [1.29, 1.82) is 0 Å². The van der Waals surface area contributed by atoms with Gasteiger partial charge in [0.05, 0.1) is 5.92 Å². The first-order valence-corrected chi connectivity index (χ1v) is 18.1. The molecular weight excluding hydrogens is 496 g/mol. The molecule has 0 rings (SSSR count). The van der Waals surface area contributed by atoms with Crippen LogP contribution in [0.2, 0.25) is 0 Å². The highest BCUT2D eigenvalue weighted by atomic mass is 16.5. The van der Waals surface area contributed by atoms with Gasteiger partial charge in [0.2, 0.25) is 0 Å². The summed E-state index contributed by atoms with van der Waals surface area (Å²) in [5.41, 5.74) is 0. The maximum Gasteiger partial charge on any atom is 0.306 e. The fourth-order valence-corrected chi connectivity index (χ4v) is 5.97. The van der Waals surface area contributed by atoms with Gasteiger partial charge in [-0.15, -0.1) is 0 Å². The number of carboxylic acids is 1. The number of aliphatic carboxylic acids is 1. The zero-order valence-corrected chi connectivity index (χ0v) is 27.2. The van der Waals surface area contributed by atoms with Crippen LogP contribution in [-0.4, -0.2) is 27.1 Å². The zero-order valence-electron chi connectivity index (χ0n) is 27.2. The highest BCUT2D eigenvalue weighted by Crippen LogP contribution is 2.22. The van der Waals surface area contributed by atoms with E-state index in [1.165, 1.54) is 109 Å². The standard InChI is InChI=1S/C36H72O4/c1-3-5-7-9-10-11-12-13-14-15-16-17-18-20-23-26-30-34(35(37)38)31-27-24-21-19-22-25-29-33-36(39,40)32-28-8-6-4-2/h34,39-40H,3-33H2,1-2H3,(H,37,38). The minimum Gasteiger partial charge on any atom is -0.481 e. The van der Waals surface area contributed by atoms with E-state index >= 15 is 0 Å². The van der Waals surface area contributed by atoms with E-state index in [2.05, 4.69) is 13.8 Å². The quantitative estimate of drug-likeness (QED) is 0.0543. The van der Waals surface area contributed by atoms with Crippen LogP contribution in [0.15, 0.2) is 0 Å². The molecule has 4 nitrogen and oxygen atoms in total. The Kier molecular flexibility index (Phi) is 29.4. The molecule has 0 aliphatic rings. The summed E-state index contributed by atoms with van der Waals surface area (Å²) < 4.78 is 0. The van der Waals surface area contributed by atoms with E-state index in [4.69, 9.17) is 0 Å². The molecule has 240 valence electrons. The van der Waals surface area contributed by atoms with Crippen molar-refractivity contribution in [1.82, 2.24) is 0 Å². The van der Waals surface area contributed by atoms with Crippen LogP contribution in [0.5, 0.6) is 0 Å². The molecule has 0 aromatic carbocycles. The summed E-state index contributed by atoms with van der Waals surface area (Å²) in [6.45, 7) is 4.45. The van der Waals surface area contributed by atoms with Gasteiger partial charge in [0.1, 0.15) is 0 Å². The number of hydrogen-bond acceptors (Lipinski definition) is 3. The molecule has 0 saturated carbocycles. The molecule has 0 bridgehead atoms. The van der Waals surface area contributed by atoms with Gasteiger partial charge >= 0.3 is 5.97 Å². The Morgan fingerprint density at radius 1 is 0.450 bits per heavy atom. The van der Waals surface area contributed by atoms with Gasteiger partial charge in [-0.2, -0.15) is 0 Å². The van der Waals surface area contributed by atoms with Crippen molar-refractivity contribution in [3.8, 4) is 0 Å². The summed E-state index contributed by atoms with van der Waals surface area (Å²) in [4.78, 5) is 11.7. The van der Waals surface area contributed by atoms with Crippen molar-refractivity contribution in [2.45, 2.75) is 219 Å². The van der Waals surface area contributed by atoms with Gasteiger partial charge in [0.15, 0.2) is 5.79 Å². The highest BCUT2D eigenvalue weighted by molar-refractivity contribution is 5.69. The van der Waals surface area contributed by atoms with Crippen molar-refractivity contribution in [3.05, 3.63) is 0 Å². The third kappa shape index (κ3) is 28.9. The van der Waals surface area contributed by atoms with Gasteiger partial charge in [-0.25, -0.2) is 0 Å². The van der Waals surface area contributed by atoms with Crippen LogP contribution in [0.25, 0.3) is 0 Å². The number of rotatable bonds is 33. The lowest BCUT2D eigenvalue weighted by atomic mass is 9.94. The maximum atomic E-state index is 11.7. The molecule has 40 heavy (non-hydrogen) atoms. The van der Waals surface area contributed by atoms with Gasteiger partial charge in [-0.1, -0.05) is 174 Å². The third-order valence-corrected chi connectivity index (χ3v) is 8.82. The lowest BCUT2D eigenvalue weighted by molar-refractivity contribution is -0.172. The predicted molar refractivity (Wildman–Crippen MR) is 173 cm³/mol. The van der Waals surface area contributed by atoms with Crippen LogP contribution >= 0.6 is 0 Å². The van der Waals surface area contributed by atoms with Crippen molar-refractivity contribution >= 4 is 5.97 Å². The Hall–Kier alpha value is -0.610. The zero-order chi connectivity index (χ0) is 29.6. The van der Waals surface area contributed by atoms with Crippen molar-refractivity contribution in [2.24, 2.45) is 5.92 Å². The number of carbonyl (C=O) groups is 1. The Balaban J connectivity index is 3.51. The minimum atomic E-state index is -1.48. The summed E-state index contributed by atoms with van der Waals surface area (Å²) in [6, 6.07) is 0. The molecule has 0 saturated heterocycles. The number of unbranched alkanes of at least 4 members (excludes halogenated alkanes) is 24. The summed E-state index contributed by atoms with van der Waals surface area (Å²) in [6.07, 6.45) is 36.1. The number of hydrogen-bond donors (Lipinski definition) is 3. The molecule has 4 heteroatoms. The SMILES string of the molecule is CCCCCCCCCCCCCCCCCCC(CCCCCCCCCC(O)(O)CCCCCC)C(=O)O. The van der Waals surface area contributed by atoms with Crippen LogP contribution in [-0.2, 0) is 4.79 Å². The average Bonchev–Trinajstić information content (AvgIpc) is 2.92. The third-order valence-electron chi connectivity index (χ3n) is 8.82.